The number of nitrogens with two attached hydrogens (primary N) is 1. The Hall–Kier alpha value is -2.87. The zero-order valence-corrected chi connectivity index (χ0v) is 13.7. The number of amides is 2. The summed E-state index contributed by atoms with van der Waals surface area (Å²) in [4.78, 5) is 16.6. The molecule has 0 saturated heterocycles. The highest BCUT2D eigenvalue weighted by Gasteiger charge is 2.19. The van der Waals surface area contributed by atoms with Gasteiger partial charge >= 0.3 is 6.03 Å². The summed E-state index contributed by atoms with van der Waals surface area (Å²) in [5.41, 5.74) is 6.07. The van der Waals surface area contributed by atoms with Crippen molar-refractivity contribution in [1.82, 2.24) is 15.5 Å². The summed E-state index contributed by atoms with van der Waals surface area (Å²) in [5, 5.41) is 8.62. The van der Waals surface area contributed by atoms with E-state index in [0.717, 1.165) is 16.2 Å². The maximum atomic E-state index is 11.2. The number of carbonyl (C=O) groups is 1. The molecule has 7 nitrogen and oxygen atoms in total. The number of nitrogens with one attached hydrogen (secondary N) is 1. The topological polar surface area (TPSA) is 103 Å². The van der Waals surface area contributed by atoms with E-state index in [1.807, 2.05) is 41.8 Å². The molecular formula is C16H16N4O3S. The van der Waals surface area contributed by atoms with Crippen molar-refractivity contribution >= 4 is 17.4 Å². The van der Waals surface area contributed by atoms with Gasteiger partial charge in [-0.05, 0) is 35.7 Å². The summed E-state index contributed by atoms with van der Waals surface area (Å²) < 4.78 is 10.4. The fraction of sp³-hybridized carbons (Fsp3) is 0.188. The first kappa shape index (κ1) is 16.0. The van der Waals surface area contributed by atoms with Crippen molar-refractivity contribution in [2.45, 2.75) is 12.5 Å². The first-order valence-corrected chi connectivity index (χ1v) is 8.10. The van der Waals surface area contributed by atoms with Gasteiger partial charge in [0.25, 0.3) is 0 Å². The third-order valence-electron chi connectivity index (χ3n) is 3.40. The Bertz CT molecular complexity index is 799. The lowest BCUT2D eigenvalue weighted by molar-refractivity contribution is 0.244. The molecule has 0 aliphatic heterocycles. The fourth-order valence-electron chi connectivity index (χ4n) is 2.25. The number of thiophene rings is 1. The molecule has 0 saturated carbocycles. The van der Waals surface area contributed by atoms with Crippen LogP contribution < -0.4 is 15.8 Å². The number of ether oxygens (including phenoxy) is 1. The van der Waals surface area contributed by atoms with E-state index in [2.05, 4.69) is 15.5 Å². The van der Waals surface area contributed by atoms with E-state index in [1.165, 1.54) is 11.3 Å². The Balaban J connectivity index is 1.77. The average Bonchev–Trinajstić information content (AvgIpc) is 3.26. The van der Waals surface area contributed by atoms with Crippen LogP contribution in [0, 0.1) is 0 Å². The number of benzene rings is 1. The summed E-state index contributed by atoms with van der Waals surface area (Å²) >= 11 is 1.53. The molecule has 2 amide bonds. The highest BCUT2D eigenvalue weighted by Crippen LogP contribution is 2.24. The lowest BCUT2D eigenvalue weighted by Crippen LogP contribution is -2.33. The van der Waals surface area contributed by atoms with Crippen LogP contribution >= 0.6 is 11.3 Å². The van der Waals surface area contributed by atoms with E-state index < -0.39 is 6.03 Å². The molecule has 3 N–H and O–H groups in total. The standard InChI is InChI=1S/C16H16N4O3S/c1-22-11-6-4-10(5-7-11)15-19-14(23-20-15)9-12(18-16(17)21)13-3-2-8-24-13/h2-8,12H,9H2,1H3,(H3,17,18,21)/t12-/m1/s1. The van der Waals surface area contributed by atoms with Crippen molar-refractivity contribution in [2.24, 2.45) is 5.73 Å². The van der Waals surface area contributed by atoms with Crippen molar-refractivity contribution in [3.8, 4) is 17.1 Å². The average molecular weight is 344 g/mol. The molecular weight excluding hydrogens is 328 g/mol. The first-order valence-electron chi connectivity index (χ1n) is 7.22. The molecule has 0 fully saturated rings. The largest absolute Gasteiger partial charge is 0.497 e. The number of rotatable bonds is 6. The molecule has 3 rings (SSSR count). The molecule has 2 heterocycles. The number of aromatic nitrogens is 2. The van der Waals surface area contributed by atoms with E-state index in [-0.39, 0.29) is 6.04 Å². The minimum atomic E-state index is -0.594. The van der Waals surface area contributed by atoms with Gasteiger partial charge < -0.3 is 20.3 Å². The van der Waals surface area contributed by atoms with Crippen LogP contribution in [-0.4, -0.2) is 23.3 Å². The molecule has 0 unspecified atom stereocenters. The van der Waals surface area contributed by atoms with Crippen molar-refractivity contribution in [3.63, 3.8) is 0 Å². The van der Waals surface area contributed by atoms with Crippen LogP contribution in [0.25, 0.3) is 11.4 Å². The number of nitrogens with zero attached hydrogens (tertiary/aromatic N) is 2. The summed E-state index contributed by atoms with van der Waals surface area (Å²) in [6.07, 6.45) is 0.368. The quantitative estimate of drug-likeness (QED) is 0.715. The van der Waals surface area contributed by atoms with Gasteiger partial charge in [0, 0.05) is 10.4 Å². The Labute approximate surface area is 142 Å². The Morgan fingerprint density at radius 3 is 2.79 bits per heavy atom. The van der Waals surface area contributed by atoms with Gasteiger partial charge in [-0.2, -0.15) is 4.98 Å². The highest BCUT2D eigenvalue weighted by atomic mass is 32.1. The predicted molar refractivity (Wildman–Crippen MR) is 89.8 cm³/mol. The summed E-state index contributed by atoms with van der Waals surface area (Å²) in [5.74, 6) is 1.66. The molecule has 0 radical (unpaired) electrons. The van der Waals surface area contributed by atoms with Crippen molar-refractivity contribution < 1.29 is 14.1 Å². The third kappa shape index (κ3) is 3.72. The smallest absolute Gasteiger partial charge is 0.312 e. The van der Waals surface area contributed by atoms with E-state index in [9.17, 15) is 4.79 Å². The van der Waals surface area contributed by atoms with Crippen LogP contribution in [0.15, 0.2) is 46.3 Å². The van der Waals surface area contributed by atoms with E-state index in [0.29, 0.717) is 18.1 Å². The molecule has 1 aromatic carbocycles. The Kier molecular flexibility index (Phi) is 4.76. The van der Waals surface area contributed by atoms with Gasteiger partial charge in [0.05, 0.1) is 19.6 Å². The normalized spacial score (nSPS) is 11.9. The van der Waals surface area contributed by atoms with E-state index in [4.69, 9.17) is 15.0 Å². The van der Waals surface area contributed by atoms with Crippen LogP contribution in [0.5, 0.6) is 5.75 Å². The molecule has 0 bridgehead atoms. The Morgan fingerprint density at radius 2 is 2.17 bits per heavy atom. The first-order chi connectivity index (χ1) is 11.7. The minimum Gasteiger partial charge on any atom is -0.497 e. The van der Waals surface area contributed by atoms with Gasteiger partial charge in [-0.3, -0.25) is 0 Å². The third-order valence-corrected chi connectivity index (χ3v) is 4.38. The van der Waals surface area contributed by atoms with Gasteiger partial charge in [-0.25, -0.2) is 4.79 Å². The second-order valence-electron chi connectivity index (χ2n) is 5.02. The fourth-order valence-corrected chi connectivity index (χ4v) is 3.03. The summed E-state index contributed by atoms with van der Waals surface area (Å²) in [7, 11) is 1.61. The highest BCUT2D eigenvalue weighted by molar-refractivity contribution is 7.10. The van der Waals surface area contributed by atoms with Crippen molar-refractivity contribution in [2.75, 3.05) is 7.11 Å². The van der Waals surface area contributed by atoms with Gasteiger partial charge in [0.15, 0.2) is 0 Å². The van der Waals surface area contributed by atoms with Crippen LogP contribution in [0.2, 0.25) is 0 Å². The minimum absolute atomic E-state index is 0.299. The molecule has 0 spiro atoms. The summed E-state index contributed by atoms with van der Waals surface area (Å²) in [6.45, 7) is 0. The molecule has 8 heteroatoms. The van der Waals surface area contributed by atoms with Crippen molar-refractivity contribution in [3.05, 3.63) is 52.5 Å². The van der Waals surface area contributed by atoms with Crippen molar-refractivity contribution in [1.29, 1.82) is 0 Å². The molecule has 0 aliphatic rings. The second kappa shape index (κ2) is 7.14. The van der Waals surface area contributed by atoms with Gasteiger partial charge in [0.1, 0.15) is 5.75 Å². The lowest BCUT2D eigenvalue weighted by atomic mass is 10.1. The predicted octanol–water partition coefficient (Wildman–Crippen LogP) is 2.76. The second-order valence-corrected chi connectivity index (χ2v) is 6.00. The van der Waals surface area contributed by atoms with E-state index in [1.54, 1.807) is 7.11 Å². The SMILES string of the molecule is COc1ccc(-c2noc(C[C@@H](NC(N)=O)c3cccs3)n2)cc1. The van der Waals surface area contributed by atoms with E-state index >= 15 is 0 Å². The van der Waals surface area contributed by atoms with Gasteiger partial charge in [-0.15, -0.1) is 11.3 Å². The number of hydrogen-bond donors (Lipinski definition) is 2. The molecule has 124 valence electrons. The summed E-state index contributed by atoms with van der Waals surface area (Å²) in [6, 6.07) is 10.3. The molecule has 1 atom stereocenters. The van der Waals surface area contributed by atoms with Gasteiger partial charge in [0.2, 0.25) is 11.7 Å². The Morgan fingerprint density at radius 1 is 1.38 bits per heavy atom. The maximum Gasteiger partial charge on any atom is 0.312 e. The molecule has 3 aromatic rings. The van der Waals surface area contributed by atoms with Crippen LogP contribution in [0.4, 0.5) is 4.79 Å². The lowest BCUT2D eigenvalue weighted by Gasteiger charge is -2.13. The number of methoxy groups -OCH3 is 1. The molecule has 2 aromatic heterocycles. The zero-order valence-electron chi connectivity index (χ0n) is 12.9. The van der Waals surface area contributed by atoms with Crippen LogP contribution in [-0.2, 0) is 6.42 Å². The molecule has 0 aliphatic carbocycles. The number of primary amides is 1. The van der Waals surface area contributed by atoms with Crippen LogP contribution in [0.1, 0.15) is 16.8 Å². The number of carbonyl (C=O) groups excluding carboxylic acids is 1. The zero-order chi connectivity index (χ0) is 16.9. The maximum absolute atomic E-state index is 11.2. The molecule has 24 heavy (non-hydrogen) atoms. The van der Waals surface area contributed by atoms with Gasteiger partial charge in [-0.1, -0.05) is 11.2 Å². The number of hydrogen-bond acceptors (Lipinski definition) is 6. The monoisotopic (exact) mass is 344 g/mol. The van der Waals surface area contributed by atoms with Crippen LogP contribution in [0.3, 0.4) is 0 Å². The number of urea groups is 1.